The number of amides is 1. The molecule has 2 heterocycles. The van der Waals surface area contributed by atoms with Crippen molar-refractivity contribution in [1.29, 1.82) is 0 Å². The number of ether oxygens (including phenoxy) is 1. The largest absolute Gasteiger partial charge is 0.493 e. The zero-order valence-corrected chi connectivity index (χ0v) is 24.1. The summed E-state index contributed by atoms with van der Waals surface area (Å²) in [5, 5.41) is 3.02. The molecule has 3 atom stereocenters. The third-order valence-corrected chi connectivity index (χ3v) is 9.68. The molecule has 210 valence electrons. The molecule has 2 aromatic rings. The highest BCUT2D eigenvalue weighted by Crippen LogP contribution is 2.29. The maximum Gasteiger partial charge on any atom is 0.242 e. The molecule has 1 N–H and O–H groups in total. The summed E-state index contributed by atoms with van der Waals surface area (Å²) in [5.74, 6) is 1.14. The zero-order chi connectivity index (χ0) is 28.2. The summed E-state index contributed by atoms with van der Waals surface area (Å²) < 4.78 is 34.4. The lowest BCUT2D eigenvalue weighted by Crippen LogP contribution is -2.59. The van der Waals surface area contributed by atoms with E-state index in [1.807, 2.05) is 43.9 Å². The average Bonchev–Trinajstić information content (AvgIpc) is 2.88. The van der Waals surface area contributed by atoms with Gasteiger partial charge in [0.25, 0.3) is 0 Å². The molecule has 0 aromatic heterocycles. The summed E-state index contributed by atoms with van der Waals surface area (Å²) in [4.78, 5) is 20.8. The minimum absolute atomic E-state index is 0.119. The van der Waals surface area contributed by atoms with Crippen molar-refractivity contribution in [3.8, 4) is 5.75 Å². The van der Waals surface area contributed by atoms with E-state index in [1.165, 1.54) is 29.3 Å². The predicted octanol–water partition coefficient (Wildman–Crippen LogP) is 3.99. The van der Waals surface area contributed by atoms with Crippen molar-refractivity contribution in [2.45, 2.75) is 50.6 Å². The molecule has 0 saturated carbocycles. The lowest BCUT2D eigenvalue weighted by Gasteiger charge is -2.43. The Hall–Kier alpha value is -2.97. The first-order chi connectivity index (χ1) is 18.6. The van der Waals surface area contributed by atoms with E-state index in [9.17, 15) is 13.2 Å². The van der Waals surface area contributed by atoms with Crippen molar-refractivity contribution in [1.82, 2.24) is 14.1 Å². The van der Waals surface area contributed by atoms with Crippen LogP contribution < -0.4 is 10.1 Å². The van der Waals surface area contributed by atoms with Crippen molar-refractivity contribution in [3.63, 3.8) is 0 Å². The molecule has 39 heavy (non-hydrogen) atoms. The van der Waals surface area contributed by atoms with Gasteiger partial charge in [-0.1, -0.05) is 18.2 Å². The van der Waals surface area contributed by atoms with E-state index in [4.69, 9.17) is 11.3 Å². The van der Waals surface area contributed by atoms with Crippen LogP contribution >= 0.6 is 0 Å². The molecular formula is C29H39N5O4S. The van der Waals surface area contributed by atoms with Crippen LogP contribution in [0.15, 0.2) is 47.4 Å². The molecule has 1 unspecified atom stereocenters. The standard InChI is InChI=1S/C29H39N5O4S/c1-21-16-33(17-22(2)34(21)39(36,37)26-11-6-10-25(15-26)30-4)19-29(35)31-27-12-7-13-28(23(27)3)38-20-24-9-8-14-32(5)18-24/h6-7,10-13,15,21-22,24H,8-9,14,16-20H2,1-3,5H3,(H,31,35)/t21-,22+,24?. The number of hydrogen-bond donors (Lipinski definition) is 1. The summed E-state index contributed by atoms with van der Waals surface area (Å²) in [7, 11) is -1.63. The SMILES string of the molecule is [C-]#[N+]c1cccc(S(=O)(=O)N2[C@H](C)CN(CC(=O)Nc3cccc(OCC4CCCN(C)C4)c3C)C[C@@H]2C)c1. The van der Waals surface area contributed by atoms with Gasteiger partial charge in [0.1, 0.15) is 5.75 Å². The molecular weight excluding hydrogens is 514 g/mol. The van der Waals surface area contributed by atoms with E-state index in [1.54, 1.807) is 12.1 Å². The van der Waals surface area contributed by atoms with Crippen LogP contribution in [0.1, 0.15) is 32.3 Å². The summed E-state index contributed by atoms with van der Waals surface area (Å²) in [6.07, 6.45) is 2.35. The summed E-state index contributed by atoms with van der Waals surface area (Å²) in [5.41, 5.74) is 1.91. The van der Waals surface area contributed by atoms with Crippen molar-refractivity contribution in [2.24, 2.45) is 5.92 Å². The number of carbonyl (C=O) groups excluding carboxylic acids is 1. The van der Waals surface area contributed by atoms with Gasteiger partial charge in [-0.3, -0.25) is 9.69 Å². The molecule has 1 amide bonds. The number of nitrogens with zero attached hydrogens (tertiary/aromatic N) is 4. The molecule has 0 aliphatic carbocycles. The van der Waals surface area contributed by atoms with E-state index in [2.05, 4.69) is 22.1 Å². The van der Waals surface area contributed by atoms with Crippen molar-refractivity contribution >= 4 is 27.3 Å². The van der Waals surface area contributed by atoms with E-state index >= 15 is 0 Å². The molecule has 10 heteroatoms. The molecule has 0 bridgehead atoms. The Balaban J connectivity index is 1.35. The number of carbonyl (C=O) groups is 1. The summed E-state index contributed by atoms with van der Waals surface area (Å²) in [6.45, 7) is 16.7. The minimum atomic E-state index is -3.77. The van der Waals surface area contributed by atoms with Gasteiger partial charge >= 0.3 is 0 Å². The number of anilines is 1. The van der Waals surface area contributed by atoms with Crippen LogP contribution in [0, 0.1) is 19.4 Å². The molecule has 0 radical (unpaired) electrons. The van der Waals surface area contributed by atoms with Gasteiger partial charge in [-0.2, -0.15) is 4.31 Å². The van der Waals surface area contributed by atoms with Crippen LogP contribution in [0.3, 0.4) is 0 Å². The Morgan fingerprint density at radius 2 is 1.85 bits per heavy atom. The number of sulfonamides is 1. The molecule has 0 spiro atoms. The van der Waals surface area contributed by atoms with Gasteiger partial charge in [0.2, 0.25) is 15.9 Å². The van der Waals surface area contributed by atoms with E-state index < -0.39 is 10.0 Å². The molecule has 2 saturated heterocycles. The van der Waals surface area contributed by atoms with E-state index in [0.717, 1.165) is 30.1 Å². The van der Waals surface area contributed by atoms with Gasteiger partial charge in [0.05, 0.1) is 24.6 Å². The summed E-state index contributed by atoms with van der Waals surface area (Å²) >= 11 is 0. The molecule has 4 rings (SSSR count). The highest BCUT2D eigenvalue weighted by Gasteiger charge is 2.38. The van der Waals surface area contributed by atoms with Crippen LogP contribution in [-0.2, 0) is 14.8 Å². The highest BCUT2D eigenvalue weighted by atomic mass is 32.2. The van der Waals surface area contributed by atoms with Crippen molar-refractivity contribution in [2.75, 3.05) is 51.7 Å². The number of rotatable bonds is 8. The second kappa shape index (κ2) is 12.5. The second-order valence-corrected chi connectivity index (χ2v) is 12.7. The van der Waals surface area contributed by atoms with Gasteiger partial charge in [-0.25, -0.2) is 13.3 Å². The van der Waals surface area contributed by atoms with Gasteiger partial charge in [0, 0.05) is 48.9 Å². The first-order valence-corrected chi connectivity index (χ1v) is 15.0. The number of hydrogen-bond acceptors (Lipinski definition) is 6. The van der Waals surface area contributed by atoms with Gasteiger partial charge in [-0.05, 0) is 71.5 Å². The molecule has 2 aliphatic heterocycles. The monoisotopic (exact) mass is 553 g/mol. The maximum atomic E-state index is 13.4. The lowest BCUT2D eigenvalue weighted by atomic mass is 9.99. The van der Waals surface area contributed by atoms with Gasteiger partial charge in [-0.15, -0.1) is 0 Å². The molecule has 2 aromatic carbocycles. The number of nitrogens with one attached hydrogen (secondary N) is 1. The topological polar surface area (TPSA) is 86.5 Å². The Morgan fingerprint density at radius 1 is 1.13 bits per heavy atom. The minimum Gasteiger partial charge on any atom is -0.493 e. The number of piperazine rings is 1. The lowest BCUT2D eigenvalue weighted by molar-refractivity contribution is -0.118. The fourth-order valence-corrected chi connectivity index (χ4v) is 7.62. The van der Waals surface area contributed by atoms with Crippen LogP contribution in [0.5, 0.6) is 5.75 Å². The third kappa shape index (κ3) is 6.97. The van der Waals surface area contributed by atoms with E-state index in [-0.39, 0.29) is 35.1 Å². The smallest absolute Gasteiger partial charge is 0.242 e. The summed E-state index contributed by atoms with van der Waals surface area (Å²) in [6, 6.07) is 11.2. The fourth-order valence-electron chi connectivity index (χ4n) is 5.77. The van der Waals surface area contributed by atoms with Gasteiger partial charge < -0.3 is 15.0 Å². The Bertz CT molecular complexity index is 1310. The second-order valence-electron chi connectivity index (χ2n) is 10.9. The highest BCUT2D eigenvalue weighted by molar-refractivity contribution is 7.89. The third-order valence-electron chi connectivity index (χ3n) is 7.56. The number of benzene rings is 2. The molecule has 9 nitrogen and oxygen atoms in total. The van der Waals surface area contributed by atoms with Crippen LogP contribution in [0.2, 0.25) is 0 Å². The Kier molecular flexibility index (Phi) is 9.28. The van der Waals surface area contributed by atoms with Gasteiger partial charge in [0.15, 0.2) is 5.69 Å². The first kappa shape index (κ1) is 29.0. The zero-order valence-electron chi connectivity index (χ0n) is 23.3. The Labute approximate surface area is 232 Å². The quantitative estimate of drug-likeness (QED) is 0.498. The normalized spacial score (nSPS) is 23.2. The van der Waals surface area contributed by atoms with Crippen molar-refractivity contribution < 1.29 is 17.9 Å². The average molecular weight is 554 g/mol. The molecule has 2 fully saturated rings. The molecule has 2 aliphatic rings. The van der Waals surface area contributed by atoms with Crippen molar-refractivity contribution in [3.05, 3.63) is 59.4 Å². The van der Waals surface area contributed by atoms with Crippen LogP contribution in [0.4, 0.5) is 11.4 Å². The maximum absolute atomic E-state index is 13.4. The predicted molar refractivity (Wildman–Crippen MR) is 153 cm³/mol. The van der Waals surface area contributed by atoms with Crippen LogP contribution in [-0.4, -0.2) is 86.9 Å². The Morgan fingerprint density at radius 3 is 2.54 bits per heavy atom. The van der Waals surface area contributed by atoms with Crippen LogP contribution in [0.25, 0.3) is 4.85 Å². The first-order valence-electron chi connectivity index (χ1n) is 13.5. The number of likely N-dealkylation sites (tertiary alicyclic amines) is 1. The van der Waals surface area contributed by atoms with E-state index in [0.29, 0.717) is 25.6 Å². The number of piperidine rings is 1. The fraction of sp³-hybridized carbons (Fsp3) is 0.517.